The Labute approximate surface area is 274 Å². The summed E-state index contributed by atoms with van der Waals surface area (Å²) in [6, 6.07) is 4.75. The van der Waals surface area contributed by atoms with Crippen molar-refractivity contribution in [2.24, 2.45) is 0 Å². The molecule has 1 aromatic carbocycles. The fourth-order valence-electron chi connectivity index (χ4n) is 6.99. The van der Waals surface area contributed by atoms with Gasteiger partial charge in [-0.3, -0.25) is 18.8 Å². The molecule has 2 saturated heterocycles. The van der Waals surface area contributed by atoms with Gasteiger partial charge in [0.1, 0.15) is 5.75 Å². The topological polar surface area (TPSA) is 34.2 Å². The highest BCUT2D eigenvalue weighted by Crippen LogP contribution is 2.55. The zero-order chi connectivity index (χ0) is 34.1. The molecule has 2 aliphatic rings. The first kappa shape index (κ1) is 37.7. The number of piperidine rings is 2. The van der Waals surface area contributed by atoms with E-state index in [0.717, 1.165) is 31.4 Å². The molecule has 2 atom stereocenters. The Balaban J connectivity index is 2.17. The summed E-state index contributed by atoms with van der Waals surface area (Å²) < 4.78 is 21.5. The second kappa shape index (κ2) is 12.1. The predicted octanol–water partition coefficient (Wildman–Crippen LogP) is 10.5. The van der Waals surface area contributed by atoms with E-state index in [1.165, 1.54) is 16.7 Å². The lowest BCUT2D eigenvalue weighted by molar-refractivity contribution is -0.102. The first-order chi connectivity index (χ1) is 19.5. The van der Waals surface area contributed by atoms with E-state index >= 15 is 0 Å². The van der Waals surface area contributed by atoms with Gasteiger partial charge in [0.25, 0.3) is 0 Å². The molecule has 0 radical (unpaired) electrons. The zero-order valence-electron chi connectivity index (χ0n) is 32.2. The van der Waals surface area contributed by atoms with Crippen molar-refractivity contribution in [1.29, 1.82) is 0 Å². The third kappa shape index (κ3) is 7.70. The van der Waals surface area contributed by atoms with Crippen LogP contribution in [0.15, 0.2) is 12.1 Å². The highest BCUT2D eigenvalue weighted by atomic mass is 31.2. The molecule has 2 fully saturated rings. The van der Waals surface area contributed by atoms with Gasteiger partial charge in [0.15, 0.2) is 0 Å². The predicted molar refractivity (Wildman–Crippen MR) is 190 cm³/mol. The third-order valence-electron chi connectivity index (χ3n) is 11.3. The van der Waals surface area contributed by atoms with Crippen LogP contribution in [0.25, 0.3) is 0 Å². The molecule has 0 saturated carbocycles. The SMILES string of the molecule is CN1C(C)(C)CCC(OP(Oc2c(C(C)(C)C)cc(C(C)(C)C)cc2C(C)(C)C)OC2CCC(C)(C)N(C)C2(C)C)C1(C)C. The van der Waals surface area contributed by atoms with Crippen molar-refractivity contribution in [2.75, 3.05) is 14.1 Å². The lowest BCUT2D eigenvalue weighted by Crippen LogP contribution is -2.63. The van der Waals surface area contributed by atoms with Crippen LogP contribution in [0.5, 0.6) is 5.75 Å². The first-order valence-corrected chi connectivity index (χ1v) is 18.1. The Kier molecular flexibility index (Phi) is 10.4. The van der Waals surface area contributed by atoms with Crippen LogP contribution in [-0.2, 0) is 25.3 Å². The van der Waals surface area contributed by atoms with Gasteiger partial charge in [0.05, 0.1) is 12.2 Å². The van der Waals surface area contributed by atoms with Crippen LogP contribution in [0.3, 0.4) is 0 Å². The van der Waals surface area contributed by atoms with Crippen molar-refractivity contribution in [3.63, 3.8) is 0 Å². The normalized spacial score (nSPS) is 26.8. The number of hydrogen-bond acceptors (Lipinski definition) is 5. The fraction of sp³-hybridized carbons (Fsp3) is 0.842. The number of hydrogen-bond donors (Lipinski definition) is 0. The van der Waals surface area contributed by atoms with Crippen molar-refractivity contribution < 1.29 is 13.6 Å². The largest absolute Gasteiger partial charge is 0.426 e. The molecular weight excluding hydrogens is 563 g/mol. The molecule has 5 nitrogen and oxygen atoms in total. The molecule has 2 unspecified atom stereocenters. The maximum absolute atomic E-state index is 7.25. The molecule has 44 heavy (non-hydrogen) atoms. The Morgan fingerprint density at radius 1 is 0.614 bits per heavy atom. The molecule has 0 N–H and O–H groups in total. The summed E-state index contributed by atoms with van der Waals surface area (Å²) in [5, 5.41) is 0. The number of rotatable bonds is 6. The standard InChI is InChI=1S/C38H69N2O3P/c1-32(2,3)26-24-27(33(4,5)6)31(28(25-26)34(7,8)9)43-44(41-29-20-22-35(10,11)39(18)37(29,14)15)42-30-21-23-36(12,13)40(19)38(30,16)17/h24-25,29-30H,20-23H2,1-19H3. The maximum atomic E-state index is 7.25. The monoisotopic (exact) mass is 633 g/mol. The number of benzene rings is 1. The summed E-state index contributed by atoms with van der Waals surface area (Å²) in [5.74, 6) is 0.939. The van der Waals surface area contributed by atoms with Crippen molar-refractivity contribution in [1.82, 2.24) is 9.80 Å². The van der Waals surface area contributed by atoms with E-state index in [-0.39, 0.29) is 50.6 Å². The minimum absolute atomic E-state index is 0.0162. The van der Waals surface area contributed by atoms with E-state index in [9.17, 15) is 0 Å². The molecule has 0 aromatic heterocycles. The quantitative estimate of drug-likeness (QED) is 0.292. The molecule has 6 heteroatoms. The van der Waals surface area contributed by atoms with Crippen molar-refractivity contribution in [3.05, 3.63) is 28.8 Å². The Morgan fingerprint density at radius 3 is 1.25 bits per heavy atom. The summed E-state index contributed by atoms with van der Waals surface area (Å²) in [6.07, 6.45) is 4.03. The summed E-state index contributed by atoms with van der Waals surface area (Å²) >= 11 is 0. The number of likely N-dealkylation sites (N-methyl/N-ethyl adjacent to an activating group) is 2. The Hall–Kier alpha value is -0.710. The van der Waals surface area contributed by atoms with Crippen molar-refractivity contribution in [2.45, 2.75) is 194 Å². The van der Waals surface area contributed by atoms with Gasteiger partial charge in [0.2, 0.25) is 0 Å². The van der Waals surface area contributed by atoms with Gasteiger partial charge in [0, 0.05) is 33.3 Å². The van der Waals surface area contributed by atoms with Crippen LogP contribution in [0.2, 0.25) is 0 Å². The molecular formula is C38H69N2O3P. The molecule has 1 aromatic rings. The average molecular weight is 633 g/mol. The van der Waals surface area contributed by atoms with Crippen LogP contribution >= 0.6 is 8.60 Å². The average Bonchev–Trinajstić information content (AvgIpc) is 2.83. The van der Waals surface area contributed by atoms with Gasteiger partial charge in [-0.2, -0.15) is 0 Å². The van der Waals surface area contributed by atoms with Gasteiger partial charge < -0.3 is 4.52 Å². The van der Waals surface area contributed by atoms with E-state index < -0.39 is 8.60 Å². The van der Waals surface area contributed by atoms with Crippen LogP contribution in [0, 0.1) is 0 Å². The third-order valence-corrected chi connectivity index (χ3v) is 12.5. The number of likely N-dealkylation sites (tertiary alicyclic amines) is 2. The van der Waals surface area contributed by atoms with Crippen LogP contribution in [0.1, 0.15) is 160 Å². The second-order valence-corrected chi connectivity index (χ2v) is 20.3. The van der Waals surface area contributed by atoms with E-state index in [4.69, 9.17) is 13.6 Å². The zero-order valence-corrected chi connectivity index (χ0v) is 33.1. The number of nitrogens with zero attached hydrogens (tertiary/aromatic N) is 2. The first-order valence-electron chi connectivity index (χ1n) is 17.0. The van der Waals surface area contributed by atoms with Crippen molar-refractivity contribution in [3.8, 4) is 5.75 Å². The lowest BCUT2D eigenvalue weighted by atomic mass is 9.75. The van der Waals surface area contributed by atoms with Crippen LogP contribution in [-0.4, -0.2) is 58.3 Å². The van der Waals surface area contributed by atoms with Gasteiger partial charge in [-0.15, -0.1) is 0 Å². The van der Waals surface area contributed by atoms with Gasteiger partial charge in [-0.25, -0.2) is 0 Å². The minimum Gasteiger partial charge on any atom is -0.426 e. The van der Waals surface area contributed by atoms with E-state index in [2.05, 4.69) is 154 Å². The van der Waals surface area contributed by atoms with E-state index in [1.807, 2.05) is 0 Å². The van der Waals surface area contributed by atoms with Crippen molar-refractivity contribution >= 4 is 8.60 Å². The maximum Gasteiger partial charge on any atom is 0.397 e. The minimum atomic E-state index is -1.72. The van der Waals surface area contributed by atoms with Crippen LogP contribution < -0.4 is 4.52 Å². The highest BCUT2D eigenvalue weighted by Gasteiger charge is 2.50. The lowest BCUT2D eigenvalue weighted by Gasteiger charge is -2.56. The Morgan fingerprint density at radius 2 is 0.955 bits per heavy atom. The molecule has 0 amide bonds. The molecule has 2 heterocycles. The second-order valence-electron chi connectivity index (χ2n) is 19.3. The molecule has 254 valence electrons. The summed E-state index contributed by atoms with van der Waals surface area (Å²) in [4.78, 5) is 4.98. The molecule has 3 rings (SSSR count). The summed E-state index contributed by atoms with van der Waals surface area (Å²) in [6.45, 7) is 39.2. The summed E-state index contributed by atoms with van der Waals surface area (Å²) in [5.41, 5.74) is 3.40. The molecule has 2 aliphatic heterocycles. The van der Waals surface area contributed by atoms with Crippen LogP contribution in [0.4, 0.5) is 0 Å². The smallest absolute Gasteiger partial charge is 0.397 e. The van der Waals surface area contributed by atoms with Gasteiger partial charge in [-0.1, -0.05) is 74.4 Å². The van der Waals surface area contributed by atoms with Gasteiger partial charge in [-0.05, 0) is 117 Å². The highest BCUT2D eigenvalue weighted by molar-refractivity contribution is 7.42. The molecule has 0 aliphatic carbocycles. The van der Waals surface area contributed by atoms with Gasteiger partial charge >= 0.3 is 8.60 Å². The summed E-state index contributed by atoms with van der Waals surface area (Å²) in [7, 11) is 2.76. The van der Waals surface area contributed by atoms with E-state index in [1.54, 1.807) is 0 Å². The Bertz CT molecular complexity index is 1090. The molecule has 0 bridgehead atoms. The molecule has 0 spiro atoms. The van der Waals surface area contributed by atoms with E-state index in [0.29, 0.717) is 0 Å². The fourth-order valence-corrected chi connectivity index (χ4v) is 8.61.